The zero-order chi connectivity index (χ0) is 12.1. The number of benzene rings is 1. The molecule has 2 aliphatic rings. The summed E-state index contributed by atoms with van der Waals surface area (Å²) in [5, 5.41) is 9.76. The molecule has 18 heavy (non-hydrogen) atoms. The second-order valence-corrected chi connectivity index (χ2v) is 4.04. The molecule has 2 aromatic rings. The van der Waals surface area contributed by atoms with Crippen LogP contribution in [0.5, 0.6) is 0 Å². The third-order valence-corrected chi connectivity index (χ3v) is 2.93. The number of hydrogen-bond acceptors (Lipinski definition) is 5. The normalized spacial score (nSPS) is 11.6. The molecule has 5 nitrogen and oxygen atoms in total. The van der Waals surface area contributed by atoms with Crippen molar-refractivity contribution in [3.63, 3.8) is 0 Å². The third-order valence-electron chi connectivity index (χ3n) is 2.93. The lowest BCUT2D eigenvalue weighted by molar-refractivity contribution is 0.409. The highest BCUT2D eigenvalue weighted by atomic mass is 16.6. The van der Waals surface area contributed by atoms with Gasteiger partial charge >= 0.3 is 5.82 Å². The molecule has 0 unspecified atom stereocenters. The van der Waals surface area contributed by atoms with Crippen molar-refractivity contribution < 1.29 is 8.83 Å². The van der Waals surface area contributed by atoms with E-state index in [9.17, 15) is 4.79 Å². The Balaban J connectivity index is 2.21. The fraction of sp³-hybridized carbons (Fsp3) is 0. The van der Waals surface area contributed by atoms with E-state index < -0.39 is 5.82 Å². The van der Waals surface area contributed by atoms with Crippen molar-refractivity contribution >= 4 is 21.9 Å². The molecule has 1 aliphatic carbocycles. The molecule has 86 valence electrons. The Morgan fingerprint density at radius 2 is 1.72 bits per heavy atom. The molecule has 0 amide bonds. The topological polar surface area (TPSA) is 69.1 Å². The van der Waals surface area contributed by atoms with Crippen LogP contribution in [0, 0.1) is 0 Å². The van der Waals surface area contributed by atoms with Crippen LogP contribution in [0.2, 0.25) is 0 Å². The van der Waals surface area contributed by atoms with Crippen molar-refractivity contribution in [2.75, 3.05) is 0 Å². The molecule has 0 saturated heterocycles. The highest BCUT2D eigenvalue weighted by Crippen LogP contribution is 2.26. The maximum absolute atomic E-state index is 11.0. The first-order chi connectivity index (χ1) is 8.79. The van der Waals surface area contributed by atoms with Crippen molar-refractivity contribution in [2.24, 2.45) is 0 Å². The standard InChI is InChI=1S/C13H6N2O3/c16-13-17-11-4-7-1-2-10-9(6-14-15-10)3-8(7)5-12(11)18-13/h1-6H. The van der Waals surface area contributed by atoms with E-state index in [0.29, 0.717) is 11.2 Å². The lowest BCUT2D eigenvalue weighted by Crippen LogP contribution is -1.84. The monoisotopic (exact) mass is 238 g/mol. The van der Waals surface area contributed by atoms with Gasteiger partial charge in [0.05, 0.1) is 11.9 Å². The van der Waals surface area contributed by atoms with Gasteiger partial charge in [-0.25, -0.2) is 4.79 Å². The largest absolute Gasteiger partial charge is 0.519 e. The molecule has 0 spiro atoms. The van der Waals surface area contributed by atoms with Crippen molar-refractivity contribution in [2.45, 2.75) is 0 Å². The minimum absolute atomic E-state index is 0.444. The number of hydrogen-bond donors (Lipinski definition) is 0. The molecule has 4 rings (SSSR count). The van der Waals surface area contributed by atoms with Gasteiger partial charge in [0.2, 0.25) is 0 Å². The molecule has 0 bridgehead atoms. The zero-order valence-corrected chi connectivity index (χ0v) is 9.08. The van der Waals surface area contributed by atoms with Crippen LogP contribution in [-0.4, -0.2) is 10.2 Å². The molecule has 0 atom stereocenters. The van der Waals surface area contributed by atoms with Crippen molar-refractivity contribution in [3.8, 4) is 11.3 Å². The van der Waals surface area contributed by atoms with E-state index in [0.717, 1.165) is 22.0 Å². The van der Waals surface area contributed by atoms with Crippen molar-refractivity contribution in [1.29, 1.82) is 0 Å². The van der Waals surface area contributed by atoms with Crippen LogP contribution in [0.4, 0.5) is 0 Å². The second kappa shape index (κ2) is 3.16. The second-order valence-electron chi connectivity index (χ2n) is 4.04. The summed E-state index contributed by atoms with van der Waals surface area (Å²) in [6, 6.07) is 9.31. The summed E-state index contributed by atoms with van der Waals surface area (Å²) in [6.45, 7) is 0. The molecule has 2 heterocycles. The summed E-state index contributed by atoms with van der Waals surface area (Å²) >= 11 is 0. The average molecular weight is 238 g/mol. The average Bonchev–Trinajstić information content (AvgIpc) is 2.88. The van der Waals surface area contributed by atoms with Crippen LogP contribution in [0.25, 0.3) is 33.2 Å². The molecule has 0 saturated carbocycles. The van der Waals surface area contributed by atoms with E-state index in [1.54, 1.807) is 18.3 Å². The summed E-state index contributed by atoms with van der Waals surface area (Å²) in [5.41, 5.74) is 2.66. The number of nitrogens with zero attached hydrogens (tertiary/aromatic N) is 2. The predicted octanol–water partition coefficient (Wildman–Crippen LogP) is 2.43. The summed E-state index contributed by atoms with van der Waals surface area (Å²) in [7, 11) is 0. The van der Waals surface area contributed by atoms with Gasteiger partial charge in [-0.05, 0) is 35.0 Å². The van der Waals surface area contributed by atoms with Gasteiger partial charge in [0.15, 0.2) is 11.2 Å². The van der Waals surface area contributed by atoms with Crippen molar-refractivity contribution in [1.82, 2.24) is 10.2 Å². The molecular formula is C13H6N2O3. The van der Waals surface area contributed by atoms with Crippen LogP contribution in [0.1, 0.15) is 0 Å². The molecular weight excluding hydrogens is 232 g/mol. The Labute approximate surface area is 100.0 Å². The van der Waals surface area contributed by atoms with Crippen LogP contribution in [0.3, 0.4) is 0 Å². The Kier molecular flexibility index (Phi) is 1.64. The predicted molar refractivity (Wildman–Crippen MR) is 64.5 cm³/mol. The minimum Gasteiger partial charge on any atom is -0.391 e. The number of fused-ring (bicyclic) bond motifs is 3. The van der Waals surface area contributed by atoms with Gasteiger partial charge in [-0.1, -0.05) is 6.07 Å². The van der Waals surface area contributed by atoms with Crippen LogP contribution >= 0.6 is 0 Å². The molecule has 1 aliphatic heterocycles. The summed E-state index contributed by atoms with van der Waals surface area (Å²) in [5.74, 6) is -0.688. The summed E-state index contributed by atoms with van der Waals surface area (Å²) in [6.07, 6.45) is 1.70. The SMILES string of the molecule is O=c1oc2cc3ccc4nncc-4cc3cc2o1. The van der Waals surface area contributed by atoms with E-state index in [-0.39, 0.29) is 0 Å². The van der Waals surface area contributed by atoms with E-state index >= 15 is 0 Å². The van der Waals surface area contributed by atoms with E-state index in [4.69, 9.17) is 8.83 Å². The summed E-state index contributed by atoms with van der Waals surface area (Å²) in [4.78, 5) is 11.0. The van der Waals surface area contributed by atoms with E-state index in [2.05, 4.69) is 10.2 Å². The van der Waals surface area contributed by atoms with Crippen LogP contribution in [-0.2, 0) is 0 Å². The van der Waals surface area contributed by atoms with Gasteiger partial charge in [-0.3, -0.25) is 0 Å². The number of rotatable bonds is 0. The van der Waals surface area contributed by atoms with Gasteiger partial charge in [0.1, 0.15) is 0 Å². The first-order valence-corrected chi connectivity index (χ1v) is 5.38. The molecule has 1 aromatic carbocycles. The van der Waals surface area contributed by atoms with Crippen LogP contribution in [0.15, 0.2) is 50.2 Å². The smallest absolute Gasteiger partial charge is 0.391 e. The van der Waals surface area contributed by atoms with Gasteiger partial charge in [0.25, 0.3) is 0 Å². The lowest BCUT2D eigenvalue weighted by Gasteiger charge is -1.91. The molecule has 0 N–H and O–H groups in total. The fourth-order valence-electron chi connectivity index (χ4n) is 2.07. The quantitative estimate of drug-likeness (QED) is 0.470. The van der Waals surface area contributed by atoms with Gasteiger partial charge in [0, 0.05) is 5.56 Å². The Bertz CT molecular complexity index is 907. The van der Waals surface area contributed by atoms with E-state index in [1.165, 1.54) is 0 Å². The first kappa shape index (κ1) is 9.35. The molecule has 5 heteroatoms. The Morgan fingerprint density at radius 3 is 2.56 bits per heavy atom. The maximum atomic E-state index is 11.0. The molecule has 1 aromatic heterocycles. The minimum atomic E-state index is -0.688. The summed E-state index contributed by atoms with van der Waals surface area (Å²) < 4.78 is 9.88. The highest BCUT2D eigenvalue weighted by Gasteiger charge is 2.08. The van der Waals surface area contributed by atoms with Crippen molar-refractivity contribution in [3.05, 3.63) is 47.1 Å². The van der Waals surface area contributed by atoms with E-state index in [1.807, 2.05) is 18.2 Å². The fourth-order valence-corrected chi connectivity index (χ4v) is 2.07. The van der Waals surface area contributed by atoms with Crippen LogP contribution < -0.4 is 5.82 Å². The first-order valence-electron chi connectivity index (χ1n) is 5.38. The third kappa shape index (κ3) is 1.24. The number of aromatic nitrogens is 2. The Morgan fingerprint density at radius 1 is 0.944 bits per heavy atom. The highest BCUT2D eigenvalue weighted by molar-refractivity contribution is 5.94. The zero-order valence-electron chi connectivity index (χ0n) is 9.08. The van der Waals surface area contributed by atoms with Gasteiger partial charge < -0.3 is 8.83 Å². The van der Waals surface area contributed by atoms with Gasteiger partial charge in [-0.15, -0.1) is 0 Å². The maximum Gasteiger partial charge on any atom is 0.519 e. The molecule has 0 fully saturated rings. The lowest BCUT2D eigenvalue weighted by atomic mass is 10.1. The Hall–Kier alpha value is -2.69. The van der Waals surface area contributed by atoms with Gasteiger partial charge in [-0.2, -0.15) is 10.2 Å². The molecule has 0 radical (unpaired) electrons.